The van der Waals surface area contributed by atoms with E-state index in [-0.39, 0.29) is 5.91 Å². The number of aryl methyl sites for hydroxylation is 2. The molecule has 0 aliphatic heterocycles. The lowest BCUT2D eigenvalue weighted by atomic mass is 10.1. The Morgan fingerprint density at radius 2 is 1.56 bits per heavy atom. The molecule has 0 fully saturated rings. The summed E-state index contributed by atoms with van der Waals surface area (Å²) in [5, 5.41) is 3.07. The lowest BCUT2D eigenvalue weighted by molar-refractivity contribution is -0.121. The number of ether oxygens (including phenoxy) is 2. The van der Waals surface area contributed by atoms with Crippen molar-refractivity contribution in [3.05, 3.63) is 108 Å². The second kappa shape index (κ2) is 11.9. The number of pyridine rings is 1. The Bertz CT molecular complexity index is 1570. The first-order valence-electron chi connectivity index (χ1n) is 13.2. The Balaban J connectivity index is 1.34. The van der Waals surface area contributed by atoms with Crippen molar-refractivity contribution in [3.8, 4) is 33.9 Å². The first kappa shape index (κ1) is 26.0. The largest absolute Gasteiger partial charge is 0.493 e. The molecule has 0 saturated heterocycles. The fraction of sp³-hybridized carbons (Fsp3) is 0.212. The highest BCUT2D eigenvalue weighted by atomic mass is 16.5. The van der Waals surface area contributed by atoms with Crippen LogP contribution in [-0.4, -0.2) is 36.1 Å². The standard InChI is InChI=1S/C33H33N3O3/c1-23-9-12-26(13-10-23)33-28(36-22-27(14-17-31(36)35-33)25-7-5-4-6-8-25)15-18-32(37)34-20-19-24-11-16-29(38-2)30(21-24)39-3/h4-14,16-17,21-22H,15,18-20H2,1-3H3,(H,34,37). The van der Waals surface area contributed by atoms with Crippen LogP contribution in [0.2, 0.25) is 0 Å². The number of rotatable bonds is 10. The fourth-order valence-corrected chi connectivity index (χ4v) is 4.78. The van der Waals surface area contributed by atoms with Gasteiger partial charge in [0.15, 0.2) is 11.5 Å². The number of carbonyl (C=O) groups is 1. The average Bonchev–Trinajstić information content (AvgIpc) is 3.34. The molecule has 0 bridgehead atoms. The molecule has 0 unspecified atom stereocenters. The Hall–Kier alpha value is -4.58. The summed E-state index contributed by atoms with van der Waals surface area (Å²) < 4.78 is 12.8. The van der Waals surface area contributed by atoms with Crippen LogP contribution in [-0.2, 0) is 17.6 Å². The van der Waals surface area contributed by atoms with Gasteiger partial charge in [-0.25, -0.2) is 4.98 Å². The van der Waals surface area contributed by atoms with Crippen molar-refractivity contribution in [3.63, 3.8) is 0 Å². The molecular weight excluding hydrogens is 486 g/mol. The van der Waals surface area contributed by atoms with Gasteiger partial charge < -0.3 is 19.2 Å². The van der Waals surface area contributed by atoms with Crippen molar-refractivity contribution < 1.29 is 14.3 Å². The molecule has 0 radical (unpaired) electrons. The summed E-state index contributed by atoms with van der Waals surface area (Å²) in [6.07, 6.45) is 3.77. The zero-order valence-electron chi connectivity index (χ0n) is 22.6. The molecule has 5 aromatic rings. The van der Waals surface area contributed by atoms with E-state index in [2.05, 4.69) is 65.3 Å². The van der Waals surface area contributed by atoms with Crippen LogP contribution in [0, 0.1) is 6.92 Å². The van der Waals surface area contributed by atoms with Crippen molar-refractivity contribution >= 4 is 11.6 Å². The minimum Gasteiger partial charge on any atom is -0.493 e. The van der Waals surface area contributed by atoms with E-state index in [1.807, 2.05) is 42.5 Å². The lowest BCUT2D eigenvalue weighted by Crippen LogP contribution is -2.26. The smallest absolute Gasteiger partial charge is 0.220 e. The first-order chi connectivity index (χ1) is 19.1. The molecule has 1 N–H and O–H groups in total. The number of hydrogen-bond acceptors (Lipinski definition) is 4. The van der Waals surface area contributed by atoms with E-state index in [9.17, 15) is 4.79 Å². The van der Waals surface area contributed by atoms with E-state index in [0.717, 1.165) is 39.3 Å². The predicted molar refractivity (Wildman–Crippen MR) is 155 cm³/mol. The van der Waals surface area contributed by atoms with E-state index < -0.39 is 0 Å². The first-order valence-corrected chi connectivity index (χ1v) is 13.2. The van der Waals surface area contributed by atoms with Gasteiger partial charge in [0, 0.05) is 24.7 Å². The predicted octanol–water partition coefficient (Wildman–Crippen LogP) is 6.29. The van der Waals surface area contributed by atoms with Crippen molar-refractivity contribution in [1.29, 1.82) is 0 Å². The zero-order chi connectivity index (χ0) is 27.2. The highest BCUT2D eigenvalue weighted by Gasteiger charge is 2.16. The van der Waals surface area contributed by atoms with Crippen LogP contribution in [0.1, 0.15) is 23.2 Å². The van der Waals surface area contributed by atoms with Gasteiger partial charge in [-0.05, 0) is 60.7 Å². The van der Waals surface area contributed by atoms with Crippen LogP contribution in [0.5, 0.6) is 11.5 Å². The molecule has 3 aromatic carbocycles. The minimum atomic E-state index is 0.0134. The summed E-state index contributed by atoms with van der Waals surface area (Å²) in [5.74, 6) is 1.39. The number of nitrogens with zero attached hydrogens (tertiary/aromatic N) is 2. The van der Waals surface area contributed by atoms with E-state index in [1.165, 1.54) is 5.56 Å². The Morgan fingerprint density at radius 3 is 2.31 bits per heavy atom. The molecule has 0 saturated carbocycles. The second-order valence-electron chi connectivity index (χ2n) is 9.57. The molecule has 2 aromatic heterocycles. The number of hydrogen-bond donors (Lipinski definition) is 1. The molecule has 39 heavy (non-hydrogen) atoms. The molecular formula is C33H33N3O3. The lowest BCUT2D eigenvalue weighted by Gasteiger charge is -2.11. The van der Waals surface area contributed by atoms with Gasteiger partial charge in [-0.3, -0.25) is 4.79 Å². The van der Waals surface area contributed by atoms with Crippen LogP contribution in [0.4, 0.5) is 0 Å². The number of carbonyl (C=O) groups excluding carboxylic acids is 1. The number of amides is 1. The van der Waals surface area contributed by atoms with E-state index in [0.29, 0.717) is 37.3 Å². The molecule has 0 aliphatic carbocycles. The van der Waals surface area contributed by atoms with Crippen LogP contribution >= 0.6 is 0 Å². The van der Waals surface area contributed by atoms with Crippen molar-refractivity contribution in [2.45, 2.75) is 26.2 Å². The third-order valence-electron chi connectivity index (χ3n) is 6.92. The summed E-state index contributed by atoms with van der Waals surface area (Å²) in [6.45, 7) is 2.62. The van der Waals surface area contributed by atoms with Gasteiger partial charge >= 0.3 is 0 Å². The van der Waals surface area contributed by atoms with Crippen molar-refractivity contribution in [2.75, 3.05) is 20.8 Å². The number of aromatic nitrogens is 2. The fourth-order valence-electron chi connectivity index (χ4n) is 4.78. The highest BCUT2D eigenvalue weighted by molar-refractivity contribution is 5.77. The van der Waals surface area contributed by atoms with Gasteiger partial charge in [-0.15, -0.1) is 0 Å². The summed E-state index contributed by atoms with van der Waals surface area (Å²) in [4.78, 5) is 17.9. The van der Waals surface area contributed by atoms with Crippen LogP contribution < -0.4 is 14.8 Å². The number of fused-ring (bicyclic) bond motifs is 1. The normalized spacial score (nSPS) is 10.9. The van der Waals surface area contributed by atoms with Gasteiger partial charge in [0.2, 0.25) is 5.91 Å². The summed E-state index contributed by atoms with van der Waals surface area (Å²) in [7, 11) is 3.24. The molecule has 0 spiro atoms. The molecule has 0 atom stereocenters. The van der Waals surface area contributed by atoms with Gasteiger partial charge in [0.05, 0.1) is 25.6 Å². The SMILES string of the molecule is COc1ccc(CCNC(=O)CCc2c(-c3ccc(C)cc3)nc3ccc(-c4ccccc4)cn23)cc1OC. The maximum Gasteiger partial charge on any atom is 0.220 e. The van der Waals surface area contributed by atoms with Gasteiger partial charge in [-0.2, -0.15) is 0 Å². The number of benzene rings is 3. The minimum absolute atomic E-state index is 0.0134. The highest BCUT2D eigenvalue weighted by Crippen LogP contribution is 2.29. The number of methoxy groups -OCH3 is 2. The molecule has 6 nitrogen and oxygen atoms in total. The van der Waals surface area contributed by atoms with E-state index >= 15 is 0 Å². The van der Waals surface area contributed by atoms with Crippen LogP contribution in [0.15, 0.2) is 91.1 Å². The Labute approximate surface area is 229 Å². The average molecular weight is 520 g/mol. The third kappa shape index (κ3) is 5.96. The summed E-state index contributed by atoms with van der Waals surface area (Å²) in [6, 6.07) is 28.7. The van der Waals surface area contributed by atoms with Crippen molar-refractivity contribution in [1.82, 2.24) is 14.7 Å². The molecule has 5 rings (SSSR count). The van der Waals surface area contributed by atoms with E-state index in [4.69, 9.17) is 14.5 Å². The van der Waals surface area contributed by atoms with Gasteiger partial charge in [-0.1, -0.05) is 66.2 Å². The molecule has 0 aliphatic rings. The van der Waals surface area contributed by atoms with Crippen LogP contribution in [0.3, 0.4) is 0 Å². The summed E-state index contributed by atoms with van der Waals surface area (Å²) >= 11 is 0. The van der Waals surface area contributed by atoms with Gasteiger partial charge in [0.1, 0.15) is 5.65 Å². The molecule has 198 valence electrons. The quantitative estimate of drug-likeness (QED) is 0.236. The Morgan fingerprint density at radius 1 is 0.821 bits per heavy atom. The third-order valence-corrected chi connectivity index (χ3v) is 6.92. The van der Waals surface area contributed by atoms with Crippen LogP contribution in [0.25, 0.3) is 28.0 Å². The molecule has 2 heterocycles. The van der Waals surface area contributed by atoms with Crippen molar-refractivity contribution in [2.24, 2.45) is 0 Å². The topological polar surface area (TPSA) is 64.9 Å². The maximum absolute atomic E-state index is 12.9. The number of nitrogens with one attached hydrogen (secondary N) is 1. The molecule has 1 amide bonds. The second-order valence-corrected chi connectivity index (χ2v) is 9.57. The van der Waals surface area contributed by atoms with E-state index in [1.54, 1.807) is 14.2 Å². The number of imidazole rings is 1. The Kier molecular flexibility index (Phi) is 7.92. The van der Waals surface area contributed by atoms with Gasteiger partial charge in [0.25, 0.3) is 0 Å². The molecule has 6 heteroatoms. The maximum atomic E-state index is 12.9. The summed E-state index contributed by atoms with van der Waals surface area (Å²) in [5.41, 5.74) is 8.39. The monoisotopic (exact) mass is 519 g/mol. The zero-order valence-corrected chi connectivity index (χ0v) is 22.6.